The quantitative estimate of drug-likeness (QED) is 0.802. The van der Waals surface area contributed by atoms with Crippen LogP contribution in [0, 0.1) is 12.8 Å². The van der Waals surface area contributed by atoms with Gasteiger partial charge in [0.2, 0.25) is 0 Å². The Morgan fingerprint density at radius 3 is 2.81 bits per heavy atom. The van der Waals surface area contributed by atoms with Gasteiger partial charge in [-0.1, -0.05) is 37.6 Å². The first kappa shape index (κ1) is 11.7. The van der Waals surface area contributed by atoms with Gasteiger partial charge in [-0.25, -0.2) is 0 Å². The summed E-state index contributed by atoms with van der Waals surface area (Å²) in [7, 11) is 0. The van der Waals surface area contributed by atoms with Gasteiger partial charge >= 0.3 is 0 Å². The zero-order chi connectivity index (χ0) is 11.6. The molecule has 1 nitrogen and oxygen atoms in total. The standard InChI is InChI=1S/C15H22O/c1-3-6-14-11-15(14,16)10-9-13-8-5-4-7-12(13)2/h4-5,7-8,14,16H,3,6,9-11H2,1-2H3. The second kappa shape index (κ2) is 4.58. The largest absolute Gasteiger partial charge is 0.390 e. The van der Waals surface area contributed by atoms with Crippen LogP contribution < -0.4 is 0 Å². The minimum atomic E-state index is -0.335. The summed E-state index contributed by atoms with van der Waals surface area (Å²) < 4.78 is 0. The van der Waals surface area contributed by atoms with Gasteiger partial charge in [-0.15, -0.1) is 0 Å². The Bertz CT molecular complexity index is 358. The highest BCUT2D eigenvalue weighted by Gasteiger charge is 2.50. The van der Waals surface area contributed by atoms with Crippen molar-refractivity contribution in [1.29, 1.82) is 0 Å². The zero-order valence-electron chi connectivity index (χ0n) is 10.4. The second-order valence-corrected chi connectivity index (χ2v) is 5.22. The van der Waals surface area contributed by atoms with Crippen molar-refractivity contribution >= 4 is 0 Å². The van der Waals surface area contributed by atoms with Crippen LogP contribution in [0.4, 0.5) is 0 Å². The van der Waals surface area contributed by atoms with E-state index in [1.165, 1.54) is 24.0 Å². The van der Waals surface area contributed by atoms with Crippen LogP contribution in [0.15, 0.2) is 24.3 Å². The van der Waals surface area contributed by atoms with Crippen molar-refractivity contribution in [3.63, 3.8) is 0 Å². The van der Waals surface area contributed by atoms with Gasteiger partial charge in [-0.3, -0.25) is 0 Å². The van der Waals surface area contributed by atoms with Crippen LogP contribution in [0.3, 0.4) is 0 Å². The van der Waals surface area contributed by atoms with Crippen LogP contribution in [0.5, 0.6) is 0 Å². The summed E-state index contributed by atoms with van der Waals surface area (Å²) in [6, 6.07) is 8.49. The predicted octanol–water partition coefficient (Wildman–Crippen LogP) is 3.48. The van der Waals surface area contributed by atoms with Crippen LogP contribution in [0.1, 0.15) is 43.7 Å². The van der Waals surface area contributed by atoms with E-state index in [-0.39, 0.29) is 5.60 Å². The van der Waals surface area contributed by atoms with Crippen molar-refractivity contribution in [3.05, 3.63) is 35.4 Å². The average molecular weight is 218 g/mol. The molecule has 2 unspecified atom stereocenters. The Morgan fingerprint density at radius 2 is 2.12 bits per heavy atom. The van der Waals surface area contributed by atoms with E-state index < -0.39 is 0 Å². The molecule has 88 valence electrons. The summed E-state index contributed by atoms with van der Waals surface area (Å²) in [5.41, 5.74) is 2.40. The molecular formula is C15H22O. The van der Waals surface area contributed by atoms with E-state index in [2.05, 4.69) is 38.1 Å². The summed E-state index contributed by atoms with van der Waals surface area (Å²) in [4.78, 5) is 0. The summed E-state index contributed by atoms with van der Waals surface area (Å²) >= 11 is 0. The molecule has 1 aliphatic rings. The molecule has 1 aromatic carbocycles. The molecule has 1 N–H and O–H groups in total. The fourth-order valence-electron chi connectivity index (χ4n) is 2.63. The van der Waals surface area contributed by atoms with Crippen molar-refractivity contribution in [3.8, 4) is 0 Å². The van der Waals surface area contributed by atoms with Gasteiger partial charge in [0, 0.05) is 0 Å². The van der Waals surface area contributed by atoms with E-state index >= 15 is 0 Å². The first-order chi connectivity index (χ1) is 7.65. The Hall–Kier alpha value is -0.820. The van der Waals surface area contributed by atoms with E-state index in [0.29, 0.717) is 5.92 Å². The van der Waals surface area contributed by atoms with Gasteiger partial charge in [-0.2, -0.15) is 0 Å². The van der Waals surface area contributed by atoms with Crippen LogP contribution in [-0.2, 0) is 6.42 Å². The molecule has 1 heteroatoms. The summed E-state index contributed by atoms with van der Waals surface area (Å²) in [6.07, 6.45) is 5.35. The van der Waals surface area contributed by atoms with E-state index in [1.807, 2.05) is 0 Å². The molecule has 0 amide bonds. The van der Waals surface area contributed by atoms with Crippen LogP contribution in [0.2, 0.25) is 0 Å². The van der Waals surface area contributed by atoms with E-state index in [9.17, 15) is 5.11 Å². The summed E-state index contributed by atoms with van der Waals surface area (Å²) in [6.45, 7) is 4.34. The number of aliphatic hydroxyl groups is 1. The van der Waals surface area contributed by atoms with Crippen LogP contribution >= 0.6 is 0 Å². The lowest BCUT2D eigenvalue weighted by molar-refractivity contribution is 0.119. The number of hydrogen-bond acceptors (Lipinski definition) is 1. The van der Waals surface area contributed by atoms with Crippen molar-refractivity contribution in [2.24, 2.45) is 5.92 Å². The molecule has 0 heterocycles. The summed E-state index contributed by atoms with van der Waals surface area (Å²) in [5.74, 6) is 0.571. The first-order valence-electron chi connectivity index (χ1n) is 6.42. The molecule has 0 aliphatic heterocycles. The van der Waals surface area contributed by atoms with E-state index in [4.69, 9.17) is 0 Å². The van der Waals surface area contributed by atoms with E-state index in [0.717, 1.165) is 19.3 Å². The van der Waals surface area contributed by atoms with Crippen molar-refractivity contribution in [2.45, 2.75) is 51.6 Å². The fraction of sp³-hybridized carbons (Fsp3) is 0.600. The lowest BCUT2D eigenvalue weighted by Gasteiger charge is -2.11. The predicted molar refractivity (Wildman–Crippen MR) is 67.5 cm³/mol. The Morgan fingerprint density at radius 1 is 1.38 bits per heavy atom. The number of rotatable bonds is 5. The monoisotopic (exact) mass is 218 g/mol. The third-order valence-corrected chi connectivity index (χ3v) is 3.93. The maximum absolute atomic E-state index is 10.3. The van der Waals surface area contributed by atoms with Crippen molar-refractivity contribution < 1.29 is 5.11 Å². The van der Waals surface area contributed by atoms with Gasteiger partial charge in [0.15, 0.2) is 0 Å². The Balaban J connectivity index is 1.87. The molecular weight excluding hydrogens is 196 g/mol. The molecule has 0 spiro atoms. The topological polar surface area (TPSA) is 20.2 Å². The maximum atomic E-state index is 10.3. The summed E-state index contributed by atoms with van der Waals surface area (Å²) in [5, 5.41) is 10.3. The third-order valence-electron chi connectivity index (χ3n) is 3.93. The average Bonchev–Trinajstić information content (AvgIpc) is 2.90. The highest BCUT2D eigenvalue weighted by Crippen LogP contribution is 2.49. The van der Waals surface area contributed by atoms with Gasteiger partial charge < -0.3 is 5.11 Å². The van der Waals surface area contributed by atoms with Gasteiger partial charge in [0.05, 0.1) is 5.60 Å². The lowest BCUT2D eigenvalue weighted by atomic mass is 9.99. The zero-order valence-corrected chi connectivity index (χ0v) is 10.4. The van der Waals surface area contributed by atoms with Gasteiger partial charge in [-0.05, 0) is 49.7 Å². The van der Waals surface area contributed by atoms with E-state index in [1.54, 1.807) is 0 Å². The fourth-order valence-corrected chi connectivity index (χ4v) is 2.63. The minimum absolute atomic E-state index is 0.335. The highest BCUT2D eigenvalue weighted by atomic mass is 16.3. The maximum Gasteiger partial charge on any atom is 0.0683 e. The molecule has 1 aromatic rings. The van der Waals surface area contributed by atoms with Crippen molar-refractivity contribution in [2.75, 3.05) is 0 Å². The normalized spacial score (nSPS) is 28.1. The number of aryl methyl sites for hydroxylation is 2. The molecule has 2 atom stereocenters. The molecule has 0 bridgehead atoms. The Kier molecular flexibility index (Phi) is 3.34. The molecule has 0 radical (unpaired) electrons. The third kappa shape index (κ3) is 2.46. The molecule has 16 heavy (non-hydrogen) atoms. The first-order valence-corrected chi connectivity index (χ1v) is 6.42. The molecule has 1 saturated carbocycles. The van der Waals surface area contributed by atoms with Crippen LogP contribution in [-0.4, -0.2) is 10.7 Å². The molecule has 0 saturated heterocycles. The lowest BCUT2D eigenvalue weighted by Crippen LogP contribution is -2.12. The smallest absolute Gasteiger partial charge is 0.0683 e. The second-order valence-electron chi connectivity index (χ2n) is 5.22. The molecule has 1 fully saturated rings. The molecule has 2 rings (SSSR count). The number of hydrogen-bond donors (Lipinski definition) is 1. The van der Waals surface area contributed by atoms with Gasteiger partial charge in [0.1, 0.15) is 0 Å². The number of benzene rings is 1. The van der Waals surface area contributed by atoms with Gasteiger partial charge in [0.25, 0.3) is 0 Å². The minimum Gasteiger partial charge on any atom is -0.390 e. The SMILES string of the molecule is CCCC1CC1(O)CCc1ccccc1C. The van der Waals surface area contributed by atoms with Crippen molar-refractivity contribution in [1.82, 2.24) is 0 Å². The molecule has 0 aromatic heterocycles. The Labute approximate surface area is 98.5 Å². The molecule has 1 aliphatic carbocycles. The van der Waals surface area contributed by atoms with Crippen LogP contribution in [0.25, 0.3) is 0 Å². The highest BCUT2D eigenvalue weighted by molar-refractivity contribution is 5.26.